The Balaban J connectivity index is 0.00000162. The van der Waals surface area contributed by atoms with Crippen molar-refractivity contribution < 1.29 is 38.9 Å². The first kappa shape index (κ1) is 17.8. The van der Waals surface area contributed by atoms with Gasteiger partial charge in [0.2, 0.25) is 0 Å². The zero-order chi connectivity index (χ0) is 12.1. The van der Waals surface area contributed by atoms with E-state index in [9.17, 15) is 0 Å². The van der Waals surface area contributed by atoms with Gasteiger partial charge in [0.15, 0.2) is 0 Å². The van der Waals surface area contributed by atoms with Crippen LogP contribution >= 0.6 is 0 Å². The third-order valence-electron chi connectivity index (χ3n) is 2.49. The number of hydrogen-bond acceptors (Lipinski definition) is 2. The Bertz CT molecular complexity index is 461. The molecule has 0 amide bonds. The molecule has 0 bridgehead atoms. The zero-order valence-electron chi connectivity index (χ0n) is 10.8. The topological polar surface area (TPSA) is 18.5 Å². The van der Waals surface area contributed by atoms with E-state index >= 15 is 0 Å². The third-order valence-corrected chi connectivity index (χ3v) is 4.67. The molecule has 19 heavy (non-hydrogen) atoms. The SMILES string of the molecule is Cc1ccccc1[O][Hf][O]c1ccccc1C.F.F. The standard InChI is InChI=1S/2C7H8O.2FH.Hf/c2*1-6-4-2-3-5-7(6)8;;;/h2*2-5,8H,1H3;2*1H;/q;;;;+2/p-2. The van der Waals surface area contributed by atoms with Gasteiger partial charge in [0.05, 0.1) is 0 Å². The molecule has 0 aliphatic rings. The number of rotatable bonds is 4. The Morgan fingerprint density at radius 3 is 1.42 bits per heavy atom. The van der Waals surface area contributed by atoms with Crippen LogP contribution in [0.3, 0.4) is 0 Å². The smallest absolute Gasteiger partial charge is 0.269 e. The average Bonchev–Trinajstić information content (AvgIpc) is 2.34. The van der Waals surface area contributed by atoms with E-state index in [0.29, 0.717) is 0 Å². The van der Waals surface area contributed by atoms with Crippen LogP contribution in [0, 0.1) is 13.8 Å². The summed E-state index contributed by atoms with van der Waals surface area (Å²) in [6.45, 7) is 4.10. The minimum atomic E-state index is -1.53. The first-order valence-corrected chi connectivity index (χ1v) is 8.40. The Labute approximate surface area is 124 Å². The van der Waals surface area contributed by atoms with Crippen molar-refractivity contribution in [2.75, 3.05) is 0 Å². The number of benzene rings is 2. The second kappa shape index (κ2) is 8.80. The summed E-state index contributed by atoms with van der Waals surface area (Å²) < 4.78 is 11.5. The molecule has 2 aromatic carbocycles. The molecule has 0 spiro atoms. The molecule has 0 heterocycles. The first-order valence-electron chi connectivity index (χ1n) is 5.47. The molecule has 0 N–H and O–H groups in total. The van der Waals surface area contributed by atoms with Gasteiger partial charge < -0.3 is 0 Å². The maximum absolute atomic E-state index is 5.77. The molecule has 0 unspecified atom stereocenters. The molecule has 2 rings (SSSR count). The van der Waals surface area contributed by atoms with Crippen molar-refractivity contribution in [2.45, 2.75) is 13.8 Å². The van der Waals surface area contributed by atoms with Gasteiger partial charge in [-0.05, 0) is 0 Å². The van der Waals surface area contributed by atoms with Crippen molar-refractivity contribution in [3.63, 3.8) is 0 Å². The molecule has 0 radical (unpaired) electrons. The van der Waals surface area contributed by atoms with Crippen molar-refractivity contribution in [2.24, 2.45) is 0 Å². The molecule has 0 aromatic heterocycles. The van der Waals surface area contributed by atoms with Crippen LogP contribution in [-0.4, -0.2) is 0 Å². The predicted octanol–water partition coefficient (Wildman–Crippen LogP) is 3.98. The van der Waals surface area contributed by atoms with E-state index in [2.05, 4.69) is 0 Å². The second-order valence-electron chi connectivity index (χ2n) is 3.82. The molecule has 0 atom stereocenters. The van der Waals surface area contributed by atoms with Crippen molar-refractivity contribution in [3.05, 3.63) is 59.7 Å². The Morgan fingerprint density at radius 1 is 0.684 bits per heavy atom. The van der Waals surface area contributed by atoms with E-state index in [0.717, 1.165) is 22.6 Å². The monoisotopic (exact) mass is 434 g/mol. The minimum Gasteiger partial charge on any atom is -0.269 e. The minimum absolute atomic E-state index is 0. The van der Waals surface area contributed by atoms with E-state index in [1.165, 1.54) is 0 Å². The van der Waals surface area contributed by atoms with Crippen LogP contribution in [0.15, 0.2) is 48.5 Å². The Hall–Kier alpha value is -1.23. The van der Waals surface area contributed by atoms with Crippen LogP contribution in [0.4, 0.5) is 9.41 Å². The maximum Gasteiger partial charge on any atom is -0.269 e. The van der Waals surface area contributed by atoms with Gasteiger partial charge in [-0.3, -0.25) is 9.41 Å². The number of aryl methyl sites for hydroxylation is 2. The summed E-state index contributed by atoms with van der Waals surface area (Å²) in [5, 5.41) is 0. The third kappa shape index (κ3) is 5.11. The summed E-state index contributed by atoms with van der Waals surface area (Å²) in [6.07, 6.45) is 0. The van der Waals surface area contributed by atoms with Gasteiger partial charge in [0.1, 0.15) is 0 Å². The van der Waals surface area contributed by atoms with Gasteiger partial charge in [-0.15, -0.1) is 0 Å². The van der Waals surface area contributed by atoms with E-state index in [1.54, 1.807) is 0 Å². The van der Waals surface area contributed by atoms with Crippen molar-refractivity contribution >= 4 is 0 Å². The normalized spacial score (nSPS) is 8.74. The molecule has 0 fully saturated rings. The summed E-state index contributed by atoms with van der Waals surface area (Å²) in [7, 11) is 0. The van der Waals surface area contributed by atoms with Crippen LogP contribution < -0.4 is 5.71 Å². The quantitative estimate of drug-likeness (QED) is 0.681. The van der Waals surface area contributed by atoms with Crippen LogP contribution in [0.2, 0.25) is 0 Å². The van der Waals surface area contributed by atoms with Gasteiger partial charge in [0, 0.05) is 0 Å². The Morgan fingerprint density at radius 2 is 1.05 bits per heavy atom. The molecule has 102 valence electrons. The molecule has 2 aromatic rings. The van der Waals surface area contributed by atoms with Crippen LogP contribution in [0.25, 0.3) is 0 Å². The summed E-state index contributed by atoms with van der Waals surface area (Å²) in [5.41, 5.74) is 2.32. The first-order chi connectivity index (χ1) is 8.27. The summed E-state index contributed by atoms with van der Waals surface area (Å²) >= 11 is -1.53. The largest absolute Gasteiger partial charge is 0.269 e. The van der Waals surface area contributed by atoms with E-state index in [1.807, 2.05) is 62.4 Å². The fraction of sp³-hybridized carbons (Fsp3) is 0.143. The van der Waals surface area contributed by atoms with E-state index in [4.69, 9.17) is 5.71 Å². The van der Waals surface area contributed by atoms with Gasteiger partial charge in [-0.1, -0.05) is 0 Å². The van der Waals surface area contributed by atoms with Crippen LogP contribution in [0.1, 0.15) is 11.1 Å². The molecule has 0 aliphatic heterocycles. The summed E-state index contributed by atoms with van der Waals surface area (Å²) in [6, 6.07) is 16.1. The molecular formula is C14H16F2HfO2. The number of hydrogen-bond donors (Lipinski definition) is 0. The second-order valence-corrected chi connectivity index (χ2v) is 5.88. The summed E-state index contributed by atoms with van der Waals surface area (Å²) in [4.78, 5) is 0. The fourth-order valence-corrected chi connectivity index (χ4v) is 3.89. The van der Waals surface area contributed by atoms with Crippen molar-refractivity contribution in [1.29, 1.82) is 0 Å². The fourth-order valence-electron chi connectivity index (χ4n) is 1.45. The molecule has 0 saturated carbocycles. The maximum atomic E-state index is 5.77. The van der Waals surface area contributed by atoms with Crippen molar-refractivity contribution in [3.8, 4) is 11.5 Å². The van der Waals surface area contributed by atoms with E-state index in [-0.39, 0.29) is 9.41 Å². The zero-order valence-corrected chi connectivity index (χ0v) is 14.3. The average molecular weight is 433 g/mol. The molecular weight excluding hydrogens is 417 g/mol. The van der Waals surface area contributed by atoms with Gasteiger partial charge in [0.25, 0.3) is 0 Å². The molecule has 0 aliphatic carbocycles. The van der Waals surface area contributed by atoms with Crippen LogP contribution in [0.5, 0.6) is 11.5 Å². The van der Waals surface area contributed by atoms with E-state index < -0.39 is 23.8 Å². The van der Waals surface area contributed by atoms with Crippen LogP contribution in [-0.2, 0) is 23.8 Å². The molecule has 0 saturated heterocycles. The number of halogens is 2. The molecule has 2 nitrogen and oxygen atoms in total. The molecule has 5 heteroatoms. The van der Waals surface area contributed by atoms with Crippen molar-refractivity contribution in [1.82, 2.24) is 0 Å². The van der Waals surface area contributed by atoms with Gasteiger partial charge in [-0.25, -0.2) is 0 Å². The predicted molar refractivity (Wildman–Crippen MR) is 68.6 cm³/mol. The van der Waals surface area contributed by atoms with Gasteiger partial charge >= 0.3 is 114 Å². The summed E-state index contributed by atoms with van der Waals surface area (Å²) in [5.74, 6) is 1.90. The Kier molecular flexibility index (Phi) is 8.23. The van der Waals surface area contributed by atoms with Gasteiger partial charge in [-0.2, -0.15) is 0 Å². The number of para-hydroxylation sites is 2.